The fourth-order valence-electron chi connectivity index (χ4n) is 3.61. The SMILES string of the molecule is CC(=O)c1cc(N2CC3CCC(O)C3C2)ccc1[N+](=O)[O-]. The third-order valence-electron chi connectivity index (χ3n) is 4.74. The van der Waals surface area contributed by atoms with Crippen LogP contribution in [0.15, 0.2) is 18.2 Å². The number of aliphatic hydroxyl groups excluding tert-OH is 1. The first kappa shape index (κ1) is 14.0. The molecule has 3 rings (SSSR count). The van der Waals surface area contributed by atoms with Gasteiger partial charge in [0, 0.05) is 30.8 Å². The average molecular weight is 290 g/mol. The van der Waals surface area contributed by atoms with Gasteiger partial charge in [-0.05, 0) is 37.8 Å². The monoisotopic (exact) mass is 290 g/mol. The highest BCUT2D eigenvalue weighted by Crippen LogP contribution is 2.40. The average Bonchev–Trinajstić information content (AvgIpc) is 3.00. The number of hydrogen-bond acceptors (Lipinski definition) is 5. The van der Waals surface area contributed by atoms with E-state index in [4.69, 9.17) is 0 Å². The number of ketones is 1. The van der Waals surface area contributed by atoms with Crippen LogP contribution in [0, 0.1) is 22.0 Å². The summed E-state index contributed by atoms with van der Waals surface area (Å²) in [5.41, 5.74) is 0.827. The first-order valence-electron chi connectivity index (χ1n) is 7.19. The predicted molar refractivity (Wildman–Crippen MR) is 77.5 cm³/mol. The molecule has 2 fully saturated rings. The zero-order valence-electron chi connectivity index (χ0n) is 11.9. The van der Waals surface area contributed by atoms with Gasteiger partial charge in [-0.1, -0.05) is 0 Å². The van der Waals surface area contributed by atoms with Crippen molar-refractivity contribution in [2.45, 2.75) is 25.9 Å². The quantitative estimate of drug-likeness (QED) is 0.523. The van der Waals surface area contributed by atoms with Crippen molar-refractivity contribution in [3.05, 3.63) is 33.9 Å². The Labute approximate surface area is 122 Å². The van der Waals surface area contributed by atoms with Crippen LogP contribution in [0.25, 0.3) is 0 Å². The van der Waals surface area contributed by atoms with Gasteiger partial charge in [0.05, 0.1) is 16.6 Å². The van der Waals surface area contributed by atoms with Crippen LogP contribution in [0.2, 0.25) is 0 Å². The first-order chi connectivity index (χ1) is 9.97. The molecule has 6 heteroatoms. The Morgan fingerprint density at radius 1 is 1.38 bits per heavy atom. The predicted octanol–water partition coefficient (Wildman–Crippen LogP) is 2.00. The molecule has 3 atom stereocenters. The molecule has 21 heavy (non-hydrogen) atoms. The molecule has 0 spiro atoms. The van der Waals surface area contributed by atoms with E-state index in [1.54, 1.807) is 12.1 Å². The van der Waals surface area contributed by atoms with Crippen molar-refractivity contribution in [3.8, 4) is 0 Å². The Bertz CT molecular complexity index is 601. The van der Waals surface area contributed by atoms with Crippen LogP contribution in [0.5, 0.6) is 0 Å². The molecule has 1 aliphatic carbocycles. The minimum Gasteiger partial charge on any atom is -0.393 e. The number of anilines is 1. The van der Waals surface area contributed by atoms with Crippen molar-refractivity contribution in [2.24, 2.45) is 11.8 Å². The summed E-state index contributed by atoms with van der Waals surface area (Å²) < 4.78 is 0. The van der Waals surface area contributed by atoms with Crippen LogP contribution in [-0.4, -0.2) is 35.0 Å². The molecule has 2 aliphatic rings. The smallest absolute Gasteiger partial charge is 0.280 e. The van der Waals surface area contributed by atoms with Gasteiger partial charge >= 0.3 is 0 Å². The van der Waals surface area contributed by atoms with Crippen molar-refractivity contribution in [2.75, 3.05) is 18.0 Å². The second-order valence-electron chi connectivity index (χ2n) is 5.99. The van der Waals surface area contributed by atoms with Crippen LogP contribution < -0.4 is 4.90 Å². The minimum absolute atomic E-state index is 0.148. The zero-order chi connectivity index (χ0) is 15.1. The third kappa shape index (κ3) is 2.40. The summed E-state index contributed by atoms with van der Waals surface area (Å²) in [6, 6.07) is 4.70. The van der Waals surface area contributed by atoms with E-state index >= 15 is 0 Å². The van der Waals surface area contributed by atoms with E-state index in [9.17, 15) is 20.0 Å². The van der Waals surface area contributed by atoms with E-state index in [1.807, 2.05) is 0 Å². The van der Waals surface area contributed by atoms with E-state index in [-0.39, 0.29) is 29.1 Å². The molecule has 1 aromatic carbocycles. The van der Waals surface area contributed by atoms with Gasteiger partial charge in [0.1, 0.15) is 0 Å². The van der Waals surface area contributed by atoms with Gasteiger partial charge in [-0.3, -0.25) is 14.9 Å². The summed E-state index contributed by atoms with van der Waals surface area (Å²) in [6.07, 6.45) is 1.64. The number of rotatable bonds is 3. The molecular formula is C15H18N2O4. The number of nitrogens with zero attached hydrogens (tertiary/aromatic N) is 2. The number of aliphatic hydroxyl groups is 1. The first-order valence-corrected chi connectivity index (χ1v) is 7.19. The summed E-state index contributed by atoms with van der Waals surface area (Å²) in [7, 11) is 0. The van der Waals surface area contributed by atoms with Gasteiger partial charge in [-0.15, -0.1) is 0 Å². The van der Waals surface area contributed by atoms with Crippen molar-refractivity contribution in [1.29, 1.82) is 0 Å². The van der Waals surface area contributed by atoms with Crippen molar-refractivity contribution < 1.29 is 14.8 Å². The van der Waals surface area contributed by atoms with Crippen LogP contribution in [-0.2, 0) is 0 Å². The van der Waals surface area contributed by atoms with Crippen molar-refractivity contribution in [1.82, 2.24) is 0 Å². The lowest BCUT2D eigenvalue weighted by molar-refractivity contribution is -0.385. The lowest BCUT2D eigenvalue weighted by Crippen LogP contribution is -2.24. The maximum atomic E-state index is 11.6. The second-order valence-corrected chi connectivity index (χ2v) is 5.99. The summed E-state index contributed by atoms with van der Waals surface area (Å²) in [6.45, 7) is 2.94. The molecule has 0 bridgehead atoms. The van der Waals surface area contributed by atoms with E-state index in [0.717, 1.165) is 31.6 Å². The number of carbonyl (C=O) groups excluding carboxylic acids is 1. The summed E-state index contributed by atoms with van der Waals surface area (Å²) >= 11 is 0. The summed E-state index contributed by atoms with van der Waals surface area (Å²) in [5.74, 6) is 0.458. The second kappa shape index (κ2) is 5.11. The summed E-state index contributed by atoms with van der Waals surface area (Å²) in [4.78, 5) is 24.2. The molecule has 1 aromatic rings. The maximum absolute atomic E-state index is 11.6. The van der Waals surface area contributed by atoms with Gasteiger partial charge in [-0.2, -0.15) is 0 Å². The highest BCUT2D eigenvalue weighted by atomic mass is 16.6. The number of carbonyl (C=O) groups is 1. The lowest BCUT2D eigenvalue weighted by atomic mass is 10.00. The van der Waals surface area contributed by atoms with E-state index in [2.05, 4.69) is 4.90 Å². The Morgan fingerprint density at radius 3 is 2.76 bits per heavy atom. The Balaban J connectivity index is 1.89. The third-order valence-corrected chi connectivity index (χ3v) is 4.74. The van der Waals surface area contributed by atoms with E-state index < -0.39 is 4.92 Å². The van der Waals surface area contributed by atoms with E-state index in [1.165, 1.54) is 13.0 Å². The molecule has 1 aliphatic heterocycles. The highest BCUT2D eigenvalue weighted by molar-refractivity contribution is 5.99. The zero-order valence-corrected chi connectivity index (χ0v) is 11.9. The van der Waals surface area contributed by atoms with Gasteiger partial charge in [0.2, 0.25) is 0 Å². The van der Waals surface area contributed by atoms with Crippen molar-refractivity contribution >= 4 is 17.2 Å². The van der Waals surface area contributed by atoms with Gasteiger partial charge in [-0.25, -0.2) is 0 Å². The molecular weight excluding hydrogens is 272 g/mol. The fraction of sp³-hybridized carbons (Fsp3) is 0.533. The maximum Gasteiger partial charge on any atom is 0.280 e. The molecule has 6 nitrogen and oxygen atoms in total. The number of nitro benzene ring substituents is 1. The largest absolute Gasteiger partial charge is 0.393 e. The molecule has 0 aromatic heterocycles. The molecule has 0 radical (unpaired) electrons. The number of nitro groups is 1. The Morgan fingerprint density at radius 2 is 2.14 bits per heavy atom. The lowest BCUT2D eigenvalue weighted by Gasteiger charge is -2.21. The van der Waals surface area contributed by atoms with Gasteiger partial charge in [0.15, 0.2) is 5.78 Å². The number of hydrogen-bond donors (Lipinski definition) is 1. The van der Waals surface area contributed by atoms with E-state index in [0.29, 0.717) is 5.92 Å². The molecule has 3 unspecified atom stereocenters. The van der Waals surface area contributed by atoms with Crippen molar-refractivity contribution in [3.63, 3.8) is 0 Å². The topological polar surface area (TPSA) is 83.7 Å². The van der Waals surface area contributed by atoms with Gasteiger partial charge < -0.3 is 10.0 Å². The summed E-state index contributed by atoms with van der Waals surface area (Å²) in [5, 5.41) is 20.9. The standard InChI is InChI=1S/C15H18N2O4/c1-9(18)12-6-11(3-4-14(12)17(20)21)16-7-10-2-5-15(19)13(10)8-16/h3-4,6,10,13,15,19H,2,5,7-8H2,1H3. The fourth-order valence-corrected chi connectivity index (χ4v) is 3.61. The number of fused-ring (bicyclic) bond motifs is 1. The normalized spacial score (nSPS) is 27.7. The molecule has 1 saturated carbocycles. The van der Waals surface area contributed by atoms with Crippen LogP contribution in [0.3, 0.4) is 0 Å². The molecule has 0 amide bonds. The molecule has 1 saturated heterocycles. The van der Waals surface area contributed by atoms with Crippen LogP contribution in [0.1, 0.15) is 30.1 Å². The number of benzene rings is 1. The minimum atomic E-state index is -0.525. The Hall–Kier alpha value is -1.95. The Kier molecular flexibility index (Phi) is 3.41. The van der Waals surface area contributed by atoms with Crippen LogP contribution >= 0.6 is 0 Å². The molecule has 1 heterocycles. The van der Waals surface area contributed by atoms with Gasteiger partial charge in [0.25, 0.3) is 5.69 Å². The molecule has 1 N–H and O–H groups in total. The molecule has 112 valence electrons. The van der Waals surface area contributed by atoms with Crippen LogP contribution in [0.4, 0.5) is 11.4 Å². The highest BCUT2D eigenvalue weighted by Gasteiger charge is 2.42. The number of Topliss-reactive ketones (excluding diaryl/α,β-unsaturated/α-hetero) is 1.